The molecule has 1 N–H and O–H groups in total. The largest absolute Gasteiger partial charge is 0.325 e. The minimum Gasteiger partial charge on any atom is -0.325 e. The standard InChI is InChI=1S/C10H11BrClNO/c1-6(2)10(14)13-8-5-3-4-7(12)9(8)11/h3-6H,1-2H3,(H,13,14). The van der Waals surface area contributed by atoms with E-state index in [0.29, 0.717) is 10.7 Å². The molecule has 0 radical (unpaired) electrons. The van der Waals surface area contributed by atoms with Crippen molar-refractivity contribution in [3.05, 3.63) is 27.7 Å². The lowest BCUT2D eigenvalue weighted by molar-refractivity contribution is -0.118. The van der Waals surface area contributed by atoms with E-state index in [1.807, 2.05) is 13.8 Å². The summed E-state index contributed by atoms with van der Waals surface area (Å²) in [5, 5.41) is 3.37. The molecule has 1 amide bonds. The first kappa shape index (κ1) is 11.5. The van der Waals surface area contributed by atoms with E-state index < -0.39 is 0 Å². The Morgan fingerprint density at radius 3 is 2.71 bits per heavy atom. The quantitative estimate of drug-likeness (QED) is 0.877. The highest BCUT2D eigenvalue weighted by Crippen LogP contribution is 2.30. The van der Waals surface area contributed by atoms with Gasteiger partial charge >= 0.3 is 0 Å². The van der Waals surface area contributed by atoms with Crippen molar-refractivity contribution in [3.8, 4) is 0 Å². The van der Waals surface area contributed by atoms with Gasteiger partial charge in [-0.1, -0.05) is 31.5 Å². The van der Waals surface area contributed by atoms with Crippen molar-refractivity contribution in [1.82, 2.24) is 0 Å². The molecule has 0 spiro atoms. The van der Waals surface area contributed by atoms with E-state index in [1.165, 1.54) is 0 Å². The average Bonchev–Trinajstić information content (AvgIpc) is 2.12. The van der Waals surface area contributed by atoms with Gasteiger partial charge < -0.3 is 5.32 Å². The smallest absolute Gasteiger partial charge is 0.226 e. The van der Waals surface area contributed by atoms with Crippen molar-refractivity contribution in [2.45, 2.75) is 13.8 Å². The van der Waals surface area contributed by atoms with Crippen molar-refractivity contribution >= 4 is 39.1 Å². The van der Waals surface area contributed by atoms with Crippen LogP contribution in [0.25, 0.3) is 0 Å². The number of anilines is 1. The fraction of sp³-hybridized carbons (Fsp3) is 0.300. The molecule has 0 saturated carbocycles. The first-order chi connectivity index (χ1) is 6.52. The van der Waals surface area contributed by atoms with Crippen LogP contribution in [0.5, 0.6) is 0 Å². The summed E-state index contributed by atoms with van der Waals surface area (Å²) in [6, 6.07) is 5.36. The predicted octanol–water partition coefficient (Wildman–Crippen LogP) is 3.70. The SMILES string of the molecule is CC(C)C(=O)Nc1cccc(Cl)c1Br. The van der Waals surface area contributed by atoms with Crippen LogP contribution in [-0.4, -0.2) is 5.91 Å². The maximum absolute atomic E-state index is 11.4. The summed E-state index contributed by atoms with van der Waals surface area (Å²) in [4.78, 5) is 11.4. The number of hydrogen-bond acceptors (Lipinski definition) is 1. The topological polar surface area (TPSA) is 29.1 Å². The molecule has 0 aliphatic carbocycles. The second kappa shape index (κ2) is 4.80. The number of carbonyl (C=O) groups excluding carboxylic acids is 1. The third-order valence-electron chi connectivity index (χ3n) is 1.73. The van der Waals surface area contributed by atoms with E-state index in [2.05, 4.69) is 21.2 Å². The summed E-state index contributed by atoms with van der Waals surface area (Å²) in [5.74, 6) is -0.0613. The zero-order valence-corrected chi connectivity index (χ0v) is 10.3. The molecule has 76 valence electrons. The fourth-order valence-corrected chi connectivity index (χ4v) is 1.42. The van der Waals surface area contributed by atoms with E-state index in [-0.39, 0.29) is 11.8 Å². The van der Waals surface area contributed by atoms with Gasteiger partial charge in [-0.05, 0) is 28.1 Å². The zero-order chi connectivity index (χ0) is 10.7. The van der Waals surface area contributed by atoms with Crippen molar-refractivity contribution < 1.29 is 4.79 Å². The summed E-state index contributed by atoms with van der Waals surface area (Å²) in [6.45, 7) is 3.68. The highest BCUT2D eigenvalue weighted by atomic mass is 79.9. The van der Waals surface area contributed by atoms with Gasteiger partial charge in [0.15, 0.2) is 0 Å². The third-order valence-corrected chi connectivity index (χ3v) is 3.13. The number of halogens is 2. The van der Waals surface area contributed by atoms with Crippen LogP contribution < -0.4 is 5.32 Å². The van der Waals surface area contributed by atoms with Crippen molar-refractivity contribution in [2.24, 2.45) is 5.92 Å². The lowest BCUT2D eigenvalue weighted by Crippen LogP contribution is -2.17. The highest BCUT2D eigenvalue weighted by molar-refractivity contribution is 9.10. The lowest BCUT2D eigenvalue weighted by Gasteiger charge is -2.09. The van der Waals surface area contributed by atoms with E-state index >= 15 is 0 Å². The number of carbonyl (C=O) groups is 1. The summed E-state index contributed by atoms with van der Waals surface area (Å²) < 4.78 is 0.718. The van der Waals surface area contributed by atoms with Gasteiger partial charge in [0.05, 0.1) is 15.2 Å². The van der Waals surface area contributed by atoms with Gasteiger partial charge in [0.25, 0.3) is 0 Å². The van der Waals surface area contributed by atoms with Crippen molar-refractivity contribution in [2.75, 3.05) is 5.32 Å². The molecule has 4 heteroatoms. The van der Waals surface area contributed by atoms with Gasteiger partial charge in [-0.25, -0.2) is 0 Å². The molecule has 0 atom stereocenters. The lowest BCUT2D eigenvalue weighted by atomic mass is 10.2. The molecule has 0 aromatic heterocycles. The first-order valence-electron chi connectivity index (χ1n) is 4.27. The van der Waals surface area contributed by atoms with E-state index in [4.69, 9.17) is 11.6 Å². The number of nitrogens with one attached hydrogen (secondary N) is 1. The Morgan fingerprint density at radius 2 is 2.14 bits per heavy atom. The number of rotatable bonds is 2. The van der Waals surface area contributed by atoms with Gasteiger partial charge in [0, 0.05) is 5.92 Å². The van der Waals surface area contributed by atoms with Crippen LogP contribution in [-0.2, 0) is 4.79 Å². The van der Waals surface area contributed by atoms with Crippen LogP contribution in [0.1, 0.15) is 13.8 Å². The second-order valence-corrected chi connectivity index (χ2v) is 4.45. The van der Waals surface area contributed by atoms with Crippen LogP contribution in [0.15, 0.2) is 22.7 Å². The molecule has 0 unspecified atom stereocenters. The Hall–Kier alpha value is -0.540. The Morgan fingerprint density at radius 1 is 1.50 bits per heavy atom. The summed E-state index contributed by atoms with van der Waals surface area (Å²) in [7, 11) is 0. The maximum Gasteiger partial charge on any atom is 0.226 e. The van der Waals surface area contributed by atoms with Crippen LogP contribution in [0, 0.1) is 5.92 Å². The zero-order valence-electron chi connectivity index (χ0n) is 7.97. The molecule has 0 saturated heterocycles. The Kier molecular flexibility index (Phi) is 3.96. The van der Waals surface area contributed by atoms with E-state index in [1.54, 1.807) is 18.2 Å². The molecule has 1 aromatic rings. The van der Waals surface area contributed by atoms with Gasteiger partial charge in [-0.15, -0.1) is 0 Å². The first-order valence-corrected chi connectivity index (χ1v) is 5.44. The molecule has 0 aliphatic rings. The molecule has 14 heavy (non-hydrogen) atoms. The average molecular weight is 277 g/mol. The molecule has 0 bridgehead atoms. The van der Waals surface area contributed by atoms with Crippen LogP contribution in [0.3, 0.4) is 0 Å². The number of benzene rings is 1. The monoisotopic (exact) mass is 275 g/mol. The number of hydrogen-bond donors (Lipinski definition) is 1. The fourth-order valence-electron chi connectivity index (χ4n) is 0.877. The van der Waals surface area contributed by atoms with Gasteiger partial charge in [0.2, 0.25) is 5.91 Å². The van der Waals surface area contributed by atoms with Crippen LogP contribution >= 0.6 is 27.5 Å². The maximum atomic E-state index is 11.4. The second-order valence-electron chi connectivity index (χ2n) is 3.25. The minimum atomic E-state index is -0.0409. The normalized spacial score (nSPS) is 10.4. The molecule has 1 aromatic carbocycles. The molecular formula is C10H11BrClNO. The predicted molar refractivity (Wildman–Crippen MR) is 62.6 cm³/mol. The third kappa shape index (κ3) is 2.72. The molecule has 2 nitrogen and oxygen atoms in total. The van der Waals surface area contributed by atoms with Crippen molar-refractivity contribution in [3.63, 3.8) is 0 Å². The molecular weight excluding hydrogens is 265 g/mol. The Balaban J connectivity index is 2.87. The Bertz CT molecular complexity index is 352. The molecule has 1 rings (SSSR count). The summed E-state index contributed by atoms with van der Waals surface area (Å²) >= 11 is 9.19. The molecule has 0 heterocycles. The Labute approximate surface area is 96.8 Å². The van der Waals surface area contributed by atoms with E-state index in [0.717, 1.165) is 4.47 Å². The summed E-state index contributed by atoms with van der Waals surface area (Å²) in [5.41, 5.74) is 0.705. The van der Waals surface area contributed by atoms with Gasteiger partial charge in [0.1, 0.15) is 0 Å². The summed E-state index contributed by atoms with van der Waals surface area (Å²) in [6.07, 6.45) is 0. The van der Waals surface area contributed by atoms with Gasteiger partial charge in [-0.2, -0.15) is 0 Å². The molecule has 0 aliphatic heterocycles. The van der Waals surface area contributed by atoms with Crippen LogP contribution in [0.2, 0.25) is 5.02 Å². The van der Waals surface area contributed by atoms with Crippen LogP contribution in [0.4, 0.5) is 5.69 Å². The van der Waals surface area contributed by atoms with Gasteiger partial charge in [-0.3, -0.25) is 4.79 Å². The minimum absolute atomic E-state index is 0.0204. The van der Waals surface area contributed by atoms with Crippen molar-refractivity contribution in [1.29, 1.82) is 0 Å². The molecule has 0 fully saturated rings. The number of amides is 1. The van der Waals surface area contributed by atoms with E-state index in [9.17, 15) is 4.79 Å². The highest BCUT2D eigenvalue weighted by Gasteiger charge is 2.10.